The van der Waals surface area contributed by atoms with Crippen LogP contribution in [0.4, 0.5) is 23.2 Å². The number of anilines is 1. The van der Waals surface area contributed by atoms with Crippen LogP contribution in [0, 0.1) is 18.2 Å². The minimum atomic E-state index is -4.56. The van der Waals surface area contributed by atoms with Gasteiger partial charge in [-0.3, -0.25) is 9.69 Å². The first-order valence-corrected chi connectivity index (χ1v) is 9.36. The first-order chi connectivity index (χ1) is 14.2. The lowest BCUT2D eigenvalue weighted by atomic mass is 10.0. The molecule has 1 fully saturated rings. The van der Waals surface area contributed by atoms with Crippen molar-refractivity contribution in [3.05, 3.63) is 64.5 Å². The van der Waals surface area contributed by atoms with Crippen molar-refractivity contribution in [3.8, 4) is 12.3 Å². The Morgan fingerprint density at radius 2 is 1.83 bits per heavy atom. The molecule has 2 aromatic carbocycles. The van der Waals surface area contributed by atoms with Gasteiger partial charge in [0.15, 0.2) is 0 Å². The van der Waals surface area contributed by atoms with E-state index in [4.69, 9.17) is 6.42 Å². The van der Waals surface area contributed by atoms with Gasteiger partial charge in [-0.2, -0.15) is 13.2 Å². The predicted molar refractivity (Wildman–Crippen MR) is 107 cm³/mol. The maximum atomic E-state index is 13.6. The van der Waals surface area contributed by atoms with Crippen molar-refractivity contribution in [2.75, 3.05) is 38.5 Å². The predicted octanol–water partition coefficient (Wildman–Crippen LogP) is 3.83. The number of alkyl halides is 3. The number of likely N-dealkylation sites (N-methyl/N-ethyl adjacent to an activating group) is 1. The molecule has 0 radical (unpaired) electrons. The molecular weight excluding hydrogens is 398 g/mol. The number of halogens is 4. The lowest BCUT2D eigenvalue weighted by Gasteiger charge is -2.33. The number of amides is 1. The molecule has 0 aliphatic carbocycles. The lowest BCUT2D eigenvalue weighted by Crippen LogP contribution is -2.44. The molecular formula is C22H21F4N3O. The number of nitrogens with one attached hydrogen (secondary N) is 1. The zero-order valence-electron chi connectivity index (χ0n) is 16.4. The van der Waals surface area contributed by atoms with Crippen LogP contribution < -0.4 is 5.32 Å². The molecule has 3 rings (SSSR count). The number of rotatable bonds is 4. The van der Waals surface area contributed by atoms with Gasteiger partial charge >= 0.3 is 6.18 Å². The Bertz CT molecular complexity index is 973. The van der Waals surface area contributed by atoms with Crippen molar-refractivity contribution < 1.29 is 22.4 Å². The molecule has 0 unspecified atom stereocenters. The molecule has 158 valence electrons. The van der Waals surface area contributed by atoms with Crippen molar-refractivity contribution in [2.45, 2.75) is 12.7 Å². The first-order valence-electron chi connectivity index (χ1n) is 9.36. The Balaban J connectivity index is 1.81. The number of hydrogen-bond donors (Lipinski definition) is 1. The number of carbonyl (C=O) groups is 1. The van der Waals surface area contributed by atoms with E-state index >= 15 is 0 Å². The second kappa shape index (κ2) is 8.86. The SMILES string of the molecule is C#Cc1cc(C(=O)Nc2ccc(CN3CCN(C)CC3)c(C(F)(F)F)c2)ccc1F. The summed E-state index contributed by atoms with van der Waals surface area (Å²) in [6, 6.07) is 7.19. The van der Waals surface area contributed by atoms with Gasteiger partial charge in [0, 0.05) is 44.0 Å². The molecule has 0 atom stereocenters. The van der Waals surface area contributed by atoms with Crippen LogP contribution in [0.25, 0.3) is 0 Å². The van der Waals surface area contributed by atoms with Gasteiger partial charge in [0.1, 0.15) is 5.82 Å². The van der Waals surface area contributed by atoms with E-state index in [-0.39, 0.29) is 28.9 Å². The molecule has 1 N–H and O–H groups in total. The van der Waals surface area contributed by atoms with Crippen LogP contribution in [0.15, 0.2) is 36.4 Å². The minimum absolute atomic E-state index is 0.000958. The molecule has 8 heteroatoms. The van der Waals surface area contributed by atoms with E-state index < -0.39 is 23.5 Å². The first kappa shape index (κ1) is 21.8. The highest BCUT2D eigenvalue weighted by molar-refractivity contribution is 6.04. The van der Waals surface area contributed by atoms with E-state index in [1.54, 1.807) is 0 Å². The summed E-state index contributed by atoms with van der Waals surface area (Å²) in [6.45, 7) is 3.16. The van der Waals surface area contributed by atoms with Gasteiger partial charge < -0.3 is 10.2 Å². The third-order valence-electron chi connectivity index (χ3n) is 5.05. The minimum Gasteiger partial charge on any atom is -0.322 e. The zero-order valence-corrected chi connectivity index (χ0v) is 16.4. The molecule has 1 saturated heterocycles. The van der Waals surface area contributed by atoms with E-state index in [9.17, 15) is 22.4 Å². The van der Waals surface area contributed by atoms with Gasteiger partial charge in [-0.25, -0.2) is 4.39 Å². The van der Waals surface area contributed by atoms with E-state index in [0.29, 0.717) is 13.1 Å². The maximum Gasteiger partial charge on any atom is 0.416 e. The van der Waals surface area contributed by atoms with Crippen LogP contribution >= 0.6 is 0 Å². The summed E-state index contributed by atoms with van der Waals surface area (Å²) in [5.74, 6) is 0.795. The Kier molecular flexibility index (Phi) is 6.44. The summed E-state index contributed by atoms with van der Waals surface area (Å²) in [5.41, 5.74) is -0.675. The van der Waals surface area contributed by atoms with E-state index in [1.807, 2.05) is 11.9 Å². The summed E-state index contributed by atoms with van der Waals surface area (Å²) in [4.78, 5) is 16.5. The van der Waals surface area contributed by atoms with Gasteiger partial charge in [-0.15, -0.1) is 6.42 Å². The average molecular weight is 419 g/mol. The van der Waals surface area contributed by atoms with Crippen molar-refractivity contribution in [1.29, 1.82) is 0 Å². The summed E-state index contributed by atoms with van der Waals surface area (Å²) >= 11 is 0. The highest BCUT2D eigenvalue weighted by atomic mass is 19.4. The van der Waals surface area contributed by atoms with Gasteiger partial charge in [0.25, 0.3) is 5.91 Å². The summed E-state index contributed by atoms with van der Waals surface area (Å²) in [7, 11) is 1.98. The molecule has 1 amide bonds. The number of benzene rings is 2. The molecule has 4 nitrogen and oxygen atoms in total. The quantitative estimate of drug-likeness (QED) is 0.605. The number of piperazine rings is 1. The Hall–Kier alpha value is -2.89. The van der Waals surface area contributed by atoms with Crippen LogP contribution in [-0.4, -0.2) is 48.9 Å². The van der Waals surface area contributed by atoms with Crippen molar-refractivity contribution in [2.24, 2.45) is 0 Å². The molecule has 1 aliphatic heterocycles. The molecule has 30 heavy (non-hydrogen) atoms. The van der Waals surface area contributed by atoms with Crippen LogP contribution in [0.1, 0.15) is 27.0 Å². The third kappa shape index (κ3) is 5.17. The normalized spacial score (nSPS) is 15.6. The smallest absolute Gasteiger partial charge is 0.322 e. The Morgan fingerprint density at radius 3 is 2.47 bits per heavy atom. The molecule has 0 spiro atoms. The van der Waals surface area contributed by atoms with E-state index in [2.05, 4.69) is 16.1 Å². The topological polar surface area (TPSA) is 35.6 Å². The Morgan fingerprint density at radius 1 is 1.13 bits per heavy atom. The average Bonchev–Trinajstić information content (AvgIpc) is 2.70. The molecule has 1 aliphatic rings. The Labute approximate surface area is 172 Å². The standard InChI is InChI=1S/C22H21F4N3O/c1-3-15-12-16(5-7-20(15)23)21(30)27-18-6-4-17(19(13-18)22(24,25)26)14-29-10-8-28(2)9-11-29/h1,4-7,12-13H,8-11,14H2,2H3,(H,27,30). The van der Waals surface area contributed by atoms with Gasteiger partial charge in [0.2, 0.25) is 0 Å². The second-order valence-corrected chi connectivity index (χ2v) is 7.24. The number of carbonyl (C=O) groups excluding carboxylic acids is 1. The second-order valence-electron chi connectivity index (χ2n) is 7.24. The fraction of sp³-hybridized carbons (Fsp3) is 0.318. The molecule has 1 heterocycles. The summed E-state index contributed by atoms with van der Waals surface area (Å²) in [6.07, 6.45) is 0.627. The summed E-state index contributed by atoms with van der Waals surface area (Å²) < 4.78 is 54.4. The molecule has 0 bridgehead atoms. The van der Waals surface area contributed by atoms with Crippen LogP contribution in [0.5, 0.6) is 0 Å². The fourth-order valence-electron chi connectivity index (χ4n) is 3.28. The molecule has 2 aromatic rings. The summed E-state index contributed by atoms with van der Waals surface area (Å²) in [5, 5.41) is 2.43. The largest absolute Gasteiger partial charge is 0.416 e. The number of terminal acetylenes is 1. The third-order valence-corrected chi connectivity index (χ3v) is 5.05. The monoisotopic (exact) mass is 419 g/mol. The van der Waals surface area contributed by atoms with Crippen LogP contribution in [-0.2, 0) is 12.7 Å². The highest BCUT2D eigenvalue weighted by Crippen LogP contribution is 2.34. The number of nitrogens with zero attached hydrogens (tertiary/aromatic N) is 2. The van der Waals surface area contributed by atoms with Crippen molar-refractivity contribution >= 4 is 11.6 Å². The maximum absolute atomic E-state index is 13.6. The van der Waals surface area contributed by atoms with Gasteiger partial charge in [0.05, 0.1) is 11.1 Å². The number of hydrogen-bond acceptors (Lipinski definition) is 3. The highest BCUT2D eigenvalue weighted by Gasteiger charge is 2.34. The van der Waals surface area contributed by atoms with E-state index in [1.165, 1.54) is 24.3 Å². The molecule has 0 saturated carbocycles. The van der Waals surface area contributed by atoms with Crippen molar-refractivity contribution in [1.82, 2.24) is 9.80 Å². The van der Waals surface area contributed by atoms with Crippen molar-refractivity contribution in [3.63, 3.8) is 0 Å². The van der Waals surface area contributed by atoms with Gasteiger partial charge in [-0.05, 0) is 42.9 Å². The fourth-order valence-corrected chi connectivity index (χ4v) is 3.28. The van der Waals surface area contributed by atoms with Crippen LogP contribution in [0.3, 0.4) is 0 Å². The molecule has 0 aromatic heterocycles. The van der Waals surface area contributed by atoms with Crippen LogP contribution in [0.2, 0.25) is 0 Å². The van der Waals surface area contributed by atoms with Gasteiger partial charge in [-0.1, -0.05) is 12.0 Å². The lowest BCUT2D eigenvalue weighted by molar-refractivity contribution is -0.138. The van der Waals surface area contributed by atoms with E-state index in [0.717, 1.165) is 25.2 Å². The zero-order chi connectivity index (χ0) is 21.9.